The zero-order valence-electron chi connectivity index (χ0n) is 13.0. The monoisotopic (exact) mass is 275 g/mol. The Bertz CT molecular complexity index is 375. The average molecular weight is 275 g/mol. The summed E-state index contributed by atoms with van der Waals surface area (Å²) in [6.45, 7) is 11.0. The fourth-order valence-corrected chi connectivity index (χ4v) is 3.29. The van der Waals surface area contributed by atoms with Crippen LogP contribution in [0.25, 0.3) is 0 Å². The average Bonchev–Trinajstić information content (AvgIpc) is 2.96. The Kier molecular flexibility index (Phi) is 6.02. The molecule has 2 rings (SSSR count). The lowest BCUT2D eigenvalue weighted by molar-refractivity contribution is 0.162. The molecule has 3 heteroatoms. The number of hydrogen-bond acceptors (Lipinski definition) is 3. The zero-order chi connectivity index (χ0) is 14.4. The van der Waals surface area contributed by atoms with Gasteiger partial charge in [0.25, 0.3) is 0 Å². The van der Waals surface area contributed by atoms with Crippen molar-refractivity contribution in [3.8, 4) is 0 Å². The van der Waals surface area contributed by atoms with Crippen molar-refractivity contribution in [1.29, 1.82) is 0 Å². The molecule has 2 N–H and O–H groups in total. The van der Waals surface area contributed by atoms with E-state index in [0.29, 0.717) is 12.0 Å². The Morgan fingerprint density at radius 3 is 2.50 bits per heavy atom. The Morgan fingerprint density at radius 1 is 1.25 bits per heavy atom. The standard InChI is InChI=1S/C17H29N3/c1-3-20(4-2)17(16-8-6-5-7-9-16)14-19-11-10-15(12-18)13-19/h5-9,15,17H,3-4,10-14,18H2,1-2H3. The van der Waals surface area contributed by atoms with Gasteiger partial charge in [0, 0.05) is 19.1 Å². The summed E-state index contributed by atoms with van der Waals surface area (Å²) in [7, 11) is 0. The molecule has 1 saturated heterocycles. The molecule has 0 spiro atoms. The minimum absolute atomic E-state index is 0.503. The smallest absolute Gasteiger partial charge is 0.0474 e. The molecule has 112 valence electrons. The number of benzene rings is 1. The van der Waals surface area contributed by atoms with Crippen molar-refractivity contribution in [2.24, 2.45) is 11.7 Å². The Balaban J connectivity index is 2.07. The molecule has 0 amide bonds. The van der Waals surface area contributed by atoms with Crippen LogP contribution in [-0.4, -0.2) is 49.1 Å². The predicted octanol–water partition coefficient (Wildman–Crippen LogP) is 2.35. The number of nitrogens with zero attached hydrogens (tertiary/aromatic N) is 2. The third kappa shape index (κ3) is 3.81. The molecule has 2 unspecified atom stereocenters. The third-order valence-corrected chi connectivity index (χ3v) is 4.57. The van der Waals surface area contributed by atoms with E-state index in [2.05, 4.69) is 54.0 Å². The van der Waals surface area contributed by atoms with Crippen LogP contribution in [0.1, 0.15) is 31.9 Å². The second kappa shape index (κ2) is 7.77. The molecular weight excluding hydrogens is 246 g/mol. The fraction of sp³-hybridized carbons (Fsp3) is 0.647. The maximum Gasteiger partial charge on any atom is 0.0474 e. The van der Waals surface area contributed by atoms with Crippen molar-refractivity contribution < 1.29 is 0 Å². The van der Waals surface area contributed by atoms with Gasteiger partial charge in [-0.1, -0.05) is 44.2 Å². The van der Waals surface area contributed by atoms with Gasteiger partial charge in [0.15, 0.2) is 0 Å². The number of hydrogen-bond donors (Lipinski definition) is 1. The molecular formula is C17H29N3. The van der Waals surface area contributed by atoms with E-state index in [9.17, 15) is 0 Å². The van der Waals surface area contributed by atoms with Crippen molar-refractivity contribution >= 4 is 0 Å². The third-order valence-electron chi connectivity index (χ3n) is 4.57. The second-order valence-electron chi connectivity index (χ2n) is 5.80. The second-order valence-corrected chi connectivity index (χ2v) is 5.80. The molecule has 0 radical (unpaired) electrons. The maximum atomic E-state index is 5.81. The number of likely N-dealkylation sites (N-methyl/N-ethyl adjacent to an activating group) is 1. The van der Waals surface area contributed by atoms with Crippen LogP contribution in [0.3, 0.4) is 0 Å². The first kappa shape index (κ1) is 15.5. The van der Waals surface area contributed by atoms with E-state index in [4.69, 9.17) is 5.73 Å². The van der Waals surface area contributed by atoms with Gasteiger partial charge in [-0.3, -0.25) is 4.90 Å². The fourth-order valence-electron chi connectivity index (χ4n) is 3.29. The van der Waals surface area contributed by atoms with E-state index < -0.39 is 0 Å². The predicted molar refractivity (Wildman–Crippen MR) is 85.7 cm³/mol. The van der Waals surface area contributed by atoms with E-state index in [-0.39, 0.29) is 0 Å². The Morgan fingerprint density at radius 2 is 1.95 bits per heavy atom. The Labute approximate surface area is 123 Å². The molecule has 3 nitrogen and oxygen atoms in total. The van der Waals surface area contributed by atoms with Crippen LogP contribution in [0.15, 0.2) is 30.3 Å². The first-order chi connectivity index (χ1) is 9.78. The summed E-state index contributed by atoms with van der Waals surface area (Å²) in [5.74, 6) is 0.697. The van der Waals surface area contributed by atoms with Gasteiger partial charge in [0.1, 0.15) is 0 Å². The minimum atomic E-state index is 0.503. The van der Waals surface area contributed by atoms with Crippen LogP contribution < -0.4 is 5.73 Å². The summed E-state index contributed by atoms with van der Waals surface area (Å²) in [4.78, 5) is 5.15. The van der Waals surface area contributed by atoms with Crippen LogP contribution in [-0.2, 0) is 0 Å². The van der Waals surface area contributed by atoms with Gasteiger partial charge in [0.2, 0.25) is 0 Å². The van der Waals surface area contributed by atoms with Crippen molar-refractivity contribution in [2.45, 2.75) is 26.3 Å². The van der Waals surface area contributed by atoms with Crippen LogP contribution in [0.2, 0.25) is 0 Å². The highest BCUT2D eigenvalue weighted by Crippen LogP contribution is 2.24. The van der Waals surface area contributed by atoms with Gasteiger partial charge in [-0.05, 0) is 44.1 Å². The molecule has 1 aromatic rings. The van der Waals surface area contributed by atoms with Gasteiger partial charge in [-0.2, -0.15) is 0 Å². The van der Waals surface area contributed by atoms with Crippen molar-refractivity contribution in [1.82, 2.24) is 9.80 Å². The van der Waals surface area contributed by atoms with Crippen molar-refractivity contribution in [2.75, 3.05) is 39.3 Å². The normalized spacial score (nSPS) is 21.5. The lowest BCUT2D eigenvalue weighted by Gasteiger charge is -2.33. The van der Waals surface area contributed by atoms with Gasteiger partial charge in [-0.25, -0.2) is 0 Å². The number of rotatable bonds is 7. The van der Waals surface area contributed by atoms with Crippen LogP contribution in [0.5, 0.6) is 0 Å². The van der Waals surface area contributed by atoms with E-state index in [0.717, 1.165) is 26.2 Å². The highest BCUT2D eigenvalue weighted by Gasteiger charge is 2.26. The summed E-state index contributed by atoms with van der Waals surface area (Å²) in [5, 5.41) is 0. The first-order valence-corrected chi connectivity index (χ1v) is 7.99. The maximum absolute atomic E-state index is 5.81. The molecule has 1 heterocycles. The van der Waals surface area contributed by atoms with E-state index in [1.807, 2.05) is 0 Å². The first-order valence-electron chi connectivity index (χ1n) is 7.99. The quantitative estimate of drug-likeness (QED) is 0.829. The van der Waals surface area contributed by atoms with Crippen molar-refractivity contribution in [3.05, 3.63) is 35.9 Å². The summed E-state index contributed by atoms with van der Waals surface area (Å²) < 4.78 is 0. The lowest BCUT2D eigenvalue weighted by Crippen LogP contribution is -2.37. The highest BCUT2D eigenvalue weighted by molar-refractivity contribution is 5.19. The molecule has 1 aliphatic heterocycles. The molecule has 1 fully saturated rings. The lowest BCUT2D eigenvalue weighted by atomic mass is 10.0. The van der Waals surface area contributed by atoms with Crippen LogP contribution >= 0.6 is 0 Å². The largest absolute Gasteiger partial charge is 0.330 e. The molecule has 0 bridgehead atoms. The topological polar surface area (TPSA) is 32.5 Å². The Hall–Kier alpha value is -0.900. The molecule has 20 heavy (non-hydrogen) atoms. The summed E-state index contributed by atoms with van der Waals surface area (Å²) >= 11 is 0. The molecule has 1 aliphatic rings. The van der Waals surface area contributed by atoms with Crippen LogP contribution in [0.4, 0.5) is 0 Å². The summed E-state index contributed by atoms with van der Waals surface area (Å²) in [5.41, 5.74) is 7.25. The van der Waals surface area contributed by atoms with Crippen LogP contribution in [0, 0.1) is 5.92 Å². The van der Waals surface area contributed by atoms with E-state index in [1.165, 1.54) is 25.1 Å². The molecule has 1 aromatic carbocycles. The molecule has 0 aromatic heterocycles. The van der Waals surface area contributed by atoms with Gasteiger partial charge >= 0.3 is 0 Å². The van der Waals surface area contributed by atoms with E-state index in [1.54, 1.807) is 0 Å². The van der Waals surface area contributed by atoms with Gasteiger partial charge in [0.05, 0.1) is 0 Å². The minimum Gasteiger partial charge on any atom is -0.330 e. The summed E-state index contributed by atoms with van der Waals surface area (Å²) in [6, 6.07) is 11.4. The SMILES string of the molecule is CCN(CC)C(CN1CCC(CN)C1)c1ccccc1. The summed E-state index contributed by atoms with van der Waals surface area (Å²) in [6.07, 6.45) is 1.26. The molecule has 0 saturated carbocycles. The molecule has 2 atom stereocenters. The van der Waals surface area contributed by atoms with E-state index >= 15 is 0 Å². The molecule has 0 aliphatic carbocycles. The highest BCUT2D eigenvalue weighted by atomic mass is 15.2. The number of nitrogens with two attached hydrogens (primary N) is 1. The zero-order valence-corrected chi connectivity index (χ0v) is 13.0. The van der Waals surface area contributed by atoms with Gasteiger partial charge in [-0.15, -0.1) is 0 Å². The van der Waals surface area contributed by atoms with Crippen molar-refractivity contribution in [3.63, 3.8) is 0 Å². The number of likely N-dealkylation sites (tertiary alicyclic amines) is 1. The van der Waals surface area contributed by atoms with Gasteiger partial charge < -0.3 is 10.6 Å².